The molecule has 2 aromatic rings. The zero-order valence-electron chi connectivity index (χ0n) is 11.1. The molecule has 0 unspecified atom stereocenters. The fraction of sp³-hybridized carbons (Fsp3) is 0.214. The van der Waals surface area contributed by atoms with Crippen molar-refractivity contribution >= 4 is 40.3 Å². The summed E-state index contributed by atoms with van der Waals surface area (Å²) in [5.74, 6) is -0.287. The molecule has 0 aliphatic heterocycles. The Morgan fingerprint density at radius 1 is 1.40 bits per heavy atom. The van der Waals surface area contributed by atoms with E-state index in [2.05, 4.69) is 10.3 Å². The van der Waals surface area contributed by atoms with E-state index in [-0.39, 0.29) is 18.1 Å². The summed E-state index contributed by atoms with van der Waals surface area (Å²) >= 11 is 7.51. The molecule has 1 N–H and O–H groups in total. The molecule has 0 saturated carbocycles. The molecule has 0 spiro atoms. The minimum atomic E-state index is -0.210. The summed E-state index contributed by atoms with van der Waals surface area (Å²) < 4.78 is 0. The zero-order chi connectivity index (χ0) is 14.7. The molecule has 104 valence electrons. The summed E-state index contributed by atoms with van der Waals surface area (Å²) in [7, 11) is 0. The molecule has 20 heavy (non-hydrogen) atoms. The number of carbonyl (C=O) groups is 2. The molecule has 0 aliphatic carbocycles. The van der Waals surface area contributed by atoms with Crippen molar-refractivity contribution < 1.29 is 9.59 Å². The van der Waals surface area contributed by atoms with Gasteiger partial charge in [0.2, 0.25) is 5.91 Å². The second kappa shape index (κ2) is 6.15. The van der Waals surface area contributed by atoms with Crippen molar-refractivity contribution in [2.75, 3.05) is 5.32 Å². The first-order chi connectivity index (χ1) is 9.45. The van der Waals surface area contributed by atoms with Gasteiger partial charge in [-0.05, 0) is 32.0 Å². The lowest BCUT2D eigenvalue weighted by atomic mass is 10.1. The van der Waals surface area contributed by atoms with E-state index < -0.39 is 0 Å². The number of carbonyl (C=O) groups excluding carboxylic acids is 2. The average Bonchev–Trinajstić information content (AvgIpc) is 2.77. The number of thiazole rings is 1. The largest absolute Gasteiger partial charge is 0.324 e. The highest BCUT2D eigenvalue weighted by Gasteiger charge is 2.10. The van der Waals surface area contributed by atoms with Gasteiger partial charge in [-0.25, -0.2) is 4.98 Å². The highest BCUT2D eigenvalue weighted by Crippen LogP contribution is 2.23. The predicted octanol–water partition coefficient (Wildman–Crippen LogP) is 3.49. The SMILES string of the molecule is CC(=O)c1ccc(Cl)c(NC(=O)Cc2csc(C)n2)c1. The summed E-state index contributed by atoms with van der Waals surface area (Å²) in [6, 6.07) is 4.81. The van der Waals surface area contributed by atoms with E-state index >= 15 is 0 Å². The second-order valence-corrected chi connectivity index (χ2v) is 5.80. The number of benzene rings is 1. The van der Waals surface area contributed by atoms with Gasteiger partial charge in [-0.2, -0.15) is 0 Å². The third kappa shape index (κ3) is 3.65. The third-order valence-corrected chi connectivity index (χ3v) is 3.81. The van der Waals surface area contributed by atoms with Gasteiger partial charge in [0.15, 0.2) is 5.78 Å². The minimum Gasteiger partial charge on any atom is -0.324 e. The number of aromatic nitrogens is 1. The van der Waals surface area contributed by atoms with Crippen LogP contribution in [0.1, 0.15) is 28.0 Å². The molecular weight excluding hydrogens is 296 g/mol. The van der Waals surface area contributed by atoms with E-state index in [0.29, 0.717) is 16.3 Å². The third-order valence-electron chi connectivity index (χ3n) is 2.66. The Morgan fingerprint density at radius 3 is 2.75 bits per heavy atom. The molecule has 6 heteroatoms. The summed E-state index contributed by atoms with van der Waals surface area (Å²) in [5, 5.41) is 5.88. The van der Waals surface area contributed by atoms with Crippen LogP contribution < -0.4 is 5.32 Å². The molecule has 1 amide bonds. The quantitative estimate of drug-likeness (QED) is 0.880. The maximum Gasteiger partial charge on any atom is 0.230 e. The van der Waals surface area contributed by atoms with Crippen LogP contribution in [0.5, 0.6) is 0 Å². The van der Waals surface area contributed by atoms with Crippen LogP contribution in [0.25, 0.3) is 0 Å². The van der Waals surface area contributed by atoms with E-state index in [1.807, 2.05) is 12.3 Å². The standard InChI is InChI=1S/C14H13ClN2O2S/c1-8(18)10-3-4-12(15)13(5-10)17-14(19)6-11-7-20-9(2)16-11/h3-5,7H,6H2,1-2H3,(H,17,19). The van der Waals surface area contributed by atoms with Gasteiger partial charge in [0, 0.05) is 10.9 Å². The molecule has 1 aromatic carbocycles. The molecule has 4 nitrogen and oxygen atoms in total. The van der Waals surface area contributed by atoms with Crippen LogP contribution in [-0.4, -0.2) is 16.7 Å². The van der Waals surface area contributed by atoms with Crippen LogP contribution >= 0.6 is 22.9 Å². The zero-order valence-corrected chi connectivity index (χ0v) is 12.6. The number of nitrogens with one attached hydrogen (secondary N) is 1. The summed E-state index contributed by atoms with van der Waals surface area (Å²) in [6.07, 6.45) is 0.185. The number of hydrogen-bond acceptors (Lipinski definition) is 4. The molecule has 0 radical (unpaired) electrons. The van der Waals surface area contributed by atoms with Crippen LogP contribution in [0.4, 0.5) is 5.69 Å². The topological polar surface area (TPSA) is 59.1 Å². The van der Waals surface area contributed by atoms with E-state index in [4.69, 9.17) is 11.6 Å². The first kappa shape index (κ1) is 14.7. The molecule has 2 rings (SSSR count). The summed E-state index contributed by atoms with van der Waals surface area (Å²) in [4.78, 5) is 27.5. The number of halogens is 1. The fourth-order valence-corrected chi connectivity index (χ4v) is 2.47. The molecule has 0 bridgehead atoms. The Balaban J connectivity index is 2.11. The van der Waals surface area contributed by atoms with Crippen LogP contribution in [0.2, 0.25) is 5.02 Å². The summed E-state index contributed by atoms with van der Waals surface area (Å²) in [6.45, 7) is 3.35. The van der Waals surface area contributed by atoms with Gasteiger partial charge in [0.1, 0.15) is 0 Å². The molecule has 0 aliphatic rings. The minimum absolute atomic E-state index is 0.0766. The van der Waals surface area contributed by atoms with Gasteiger partial charge < -0.3 is 5.32 Å². The highest BCUT2D eigenvalue weighted by atomic mass is 35.5. The van der Waals surface area contributed by atoms with Crippen LogP contribution in [-0.2, 0) is 11.2 Å². The van der Waals surface area contributed by atoms with Crippen molar-refractivity contribution in [1.29, 1.82) is 0 Å². The molecular formula is C14H13ClN2O2S. The number of hydrogen-bond donors (Lipinski definition) is 1. The lowest BCUT2D eigenvalue weighted by molar-refractivity contribution is -0.115. The molecule has 1 heterocycles. The van der Waals surface area contributed by atoms with Gasteiger partial charge >= 0.3 is 0 Å². The van der Waals surface area contributed by atoms with Crippen LogP contribution in [0.15, 0.2) is 23.6 Å². The fourth-order valence-electron chi connectivity index (χ4n) is 1.69. The number of aryl methyl sites for hydroxylation is 1. The number of ketones is 1. The number of amides is 1. The molecule has 0 saturated heterocycles. The Labute approximate surface area is 125 Å². The van der Waals surface area contributed by atoms with Crippen LogP contribution in [0.3, 0.4) is 0 Å². The van der Waals surface area contributed by atoms with E-state index in [9.17, 15) is 9.59 Å². The van der Waals surface area contributed by atoms with Gasteiger partial charge in [0.25, 0.3) is 0 Å². The second-order valence-electron chi connectivity index (χ2n) is 4.33. The number of nitrogens with zero attached hydrogens (tertiary/aromatic N) is 1. The Bertz CT molecular complexity index is 667. The van der Waals surface area contributed by atoms with Crippen LogP contribution in [0, 0.1) is 6.92 Å². The van der Waals surface area contributed by atoms with E-state index in [1.165, 1.54) is 18.3 Å². The van der Waals surface area contributed by atoms with Crippen molar-refractivity contribution in [3.63, 3.8) is 0 Å². The van der Waals surface area contributed by atoms with Crippen molar-refractivity contribution in [1.82, 2.24) is 4.98 Å². The first-order valence-electron chi connectivity index (χ1n) is 5.97. The Hall–Kier alpha value is -1.72. The molecule has 0 atom stereocenters. The molecule has 0 fully saturated rings. The number of anilines is 1. The maximum absolute atomic E-state index is 11.9. The monoisotopic (exact) mass is 308 g/mol. The highest BCUT2D eigenvalue weighted by molar-refractivity contribution is 7.09. The Kier molecular flexibility index (Phi) is 4.52. The number of rotatable bonds is 4. The first-order valence-corrected chi connectivity index (χ1v) is 7.23. The molecule has 1 aromatic heterocycles. The van der Waals surface area contributed by atoms with Gasteiger partial charge in [-0.1, -0.05) is 11.6 Å². The smallest absolute Gasteiger partial charge is 0.230 e. The van der Waals surface area contributed by atoms with Crippen molar-refractivity contribution in [2.45, 2.75) is 20.3 Å². The van der Waals surface area contributed by atoms with Crippen molar-refractivity contribution in [3.05, 3.63) is 44.9 Å². The normalized spacial score (nSPS) is 10.3. The lowest BCUT2D eigenvalue weighted by Crippen LogP contribution is -2.15. The van der Waals surface area contributed by atoms with Crippen molar-refractivity contribution in [2.24, 2.45) is 0 Å². The van der Waals surface area contributed by atoms with Gasteiger partial charge in [-0.3, -0.25) is 9.59 Å². The maximum atomic E-state index is 11.9. The van der Waals surface area contributed by atoms with Gasteiger partial charge in [0.05, 0.1) is 27.8 Å². The lowest BCUT2D eigenvalue weighted by Gasteiger charge is -2.08. The van der Waals surface area contributed by atoms with E-state index in [1.54, 1.807) is 18.2 Å². The summed E-state index contributed by atoms with van der Waals surface area (Å²) in [5.41, 5.74) is 1.68. The van der Waals surface area contributed by atoms with Gasteiger partial charge in [-0.15, -0.1) is 11.3 Å². The average molecular weight is 309 g/mol. The number of Topliss-reactive ketones (excluding diaryl/α,β-unsaturated/α-hetero) is 1. The Morgan fingerprint density at radius 2 is 2.15 bits per heavy atom. The predicted molar refractivity (Wildman–Crippen MR) is 80.6 cm³/mol. The van der Waals surface area contributed by atoms with E-state index in [0.717, 1.165) is 10.7 Å². The van der Waals surface area contributed by atoms with Crippen molar-refractivity contribution in [3.8, 4) is 0 Å².